The number of nitrogens with zero attached hydrogens (tertiary/aromatic N) is 2. The number of allylic oxidation sites excluding steroid dienone is 1. The number of rotatable bonds is 13. The van der Waals surface area contributed by atoms with Crippen LogP contribution >= 0.6 is 0 Å². The standard InChI is InChI=1S/C36H50N2O6/c1-5-6-9-24-14-31(44-30(24)19-38(20-32(40)41)18-26-10-7-8-13-37-26)35-17-27-23(4)11-12-28(27)34(21-39)16-25(35)15-29(22(2)3)36(34,35)33(42)43/h7-8,10,13,15,21-25,27-28,30-31H,5-6,9,11-12,14,16-20H2,1-4H3,(H,40,41)(H,42,43)/t23-,24?,25?,27-,28-,30?,31?,34?,35?,36?/m1/s1. The zero-order chi connectivity index (χ0) is 31.4. The molecule has 1 aliphatic heterocycles. The van der Waals surface area contributed by atoms with Gasteiger partial charge in [0.15, 0.2) is 0 Å². The molecule has 2 heterocycles. The van der Waals surface area contributed by atoms with E-state index in [0.717, 1.165) is 62.5 Å². The Morgan fingerprint density at radius 1 is 1.20 bits per heavy atom. The highest BCUT2D eigenvalue weighted by Gasteiger charge is 2.86. The molecular formula is C36H50N2O6. The van der Waals surface area contributed by atoms with Gasteiger partial charge in [-0.2, -0.15) is 0 Å². The second-order valence-corrected chi connectivity index (χ2v) is 15.1. The predicted molar refractivity (Wildman–Crippen MR) is 165 cm³/mol. The third-order valence-electron chi connectivity index (χ3n) is 12.8. The Labute approximate surface area is 261 Å². The van der Waals surface area contributed by atoms with Crippen LogP contribution in [0.5, 0.6) is 0 Å². The fourth-order valence-corrected chi connectivity index (χ4v) is 11.3. The van der Waals surface area contributed by atoms with Gasteiger partial charge in [0, 0.05) is 24.7 Å². The number of aromatic nitrogens is 1. The lowest BCUT2D eigenvalue weighted by molar-refractivity contribution is -0.197. The van der Waals surface area contributed by atoms with E-state index in [1.807, 2.05) is 23.1 Å². The van der Waals surface area contributed by atoms with Crippen molar-refractivity contribution in [3.05, 3.63) is 41.7 Å². The van der Waals surface area contributed by atoms with Crippen LogP contribution in [0.4, 0.5) is 0 Å². The van der Waals surface area contributed by atoms with Crippen molar-refractivity contribution >= 4 is 18.2 Å². The van der Waals surface area contributed by atoms with E-state index in [1.54, 1.807) is 6.20 Å². The Kier molecular flexibility index (Phi) is 8.32. The number of ether oxygens (including phenoxy) is 1. The lowest BCUT2D eigenvalue weighted by atomic mass is 9.41. The smallest absolute Gasteiger partial charge is 0.317 e. The number of carbonyl (C=O) groups is 3. The van der Waals surface area contributed by atoms with Crippen LogP contribution in [0.25, 0.3) is 0 Å². The first-order chi connectivity index (χ1) is 21.0. The maximum Gasteiger partial charge on any atom is 0.317 e. The molecule has 4 fully saturated rings. The molecule has 3 saturated carbocycles. The molecule has 6 rings (SSSR count). The number of carboxylic acids is 2. The fraction of sp³-hybridized carbons (Fsp3) is 0.722. The van der Waals surface area contributed by atoms with Crippen molar-refractivity contribution in [3.63, 3.8) is 0 Å². The van der Waals surface area contributed by atoms with Gasteiger partial charge in [0.2, 0.25) is 0 Å². The van der Waals surface area contributed by atoms with Crippen molar-refractivity contribution in [2.75, 3.05) is 13.1 Å². The van der Waals surface area contributed by atoms with Gasteiger partial charge < -0.3 is 19.7 Å². The summed E-state index contributed by atoms with van der Waals surface area (Å²) in [5.74, 6) is -0.711. The molecule has 0 aromatic carbocycles. The topological polar surface area (TPSA) is 117 Å². The molecule has 0 amide bonds. The van der Waals surface area contributed by atoms with Gasteiger partial charge in [0.05, 0.1) is 29.9 Å². The minimum atomic E-state index is -1.27. The van der Waals surface area contributed by atoms with Gasteiger partial charge in [-0.1, -0.05) is 64.7 Å². The van der Waals surface area contributed by atoms with Crippen molar-refractivity contribution in [2.24, 2.45) is 51.8 Å². The van der Waals surface area contributed by atoms with E-state index < -0.39 is 28.2 Å². The summed E-state index contributed by atoms with van der Waals surface area (Å²) in [6.45, 7) is 9.35. The molecule has 5 aliphatic rings. The van der Waals surface area contributed by atoms with Crippen molar-refractivity contribution in [2.45, 2.75) is 97.8 Å². The molecule has 1 aromatic rings. The Morgan fingerprint density at radius 3 is 2.64 bits per heavy atom. The Morgan fingerprint density at radius 2 is 2.00 bits per heavy atom. The number of unbranched alkanes of at least 4 members (excludes halogenated alkanes) is 1. The summed E-state index contributed by atoms with van der Waals surface area (Å²) in [6, 6.07) is 5.67. The van der Waals surface area contributed by atoms with Gasteiger partial charge in [0.1, 0.15) is 11.7 Å². The van der Waals surface area contributed by atoms with E-state index in [0.29, 0.717) is 31.3 Å². The van der Waals surface area contributed by atoms with Gasteiger partial charge in [0.25, 0.3) is 0 Å². The minimum absolute atomic E-state index is 0.0155. The summed E-state index contributed by atoms with van der Waals surface area (Å²) >= 11 is 0. The van der Waals surface area contributed by atoms with Crippen molar-refractivity contribution < 1.29 is 29.3 Å². The van der Waals surface area contributed by atoms with E-state index in [2.05, 4.69) is 38.8 Å². The molecule has 4 aliphatic carbocycles. The number of aldehydes is 1. The summed E-state index contributed by atoms with van der Waals surface area (Å²) in [4.78, 5) is 45.8. The number of hydrogen-bond donors (Lipinski definition) is 2. The number of pyridine rings is 1. The first-order valence-corrected chi connectivity index (χ1v) is 17.0. The quantitative estimate of drug-likeness (QED) is 0.212. The highest BCUT2D eigenvalue weighted by molar-refractivity contribution is 5.90. The Bertz CT molecular complexity index is 1300. The van der Waals surface area contributed by atoms with Crippen LogP contribution in [0.15, 0.2) is 36.0 Å². The zero-order valence-corrected chi connectivity index (χ0v) is 26.8. The van der Waals surface area contributed by atoms with Crippen LogP contribution in [0, 0.1) is 51.8 Å². The first-order valence-electron chi connectivity index (χ1n) is 17.0. The second-order valence-electron chi connectivity index (χ2n) is 15.1. The van der Waals surface area contributed by atoms with Crippen LogP contribution in [0.1, 0.15) is 84.8 Å². The molecule has 4 bridgehead atoms. The number of hydrogen-bond acceptors (Lipinski definition) is 6. The Balaban J connectivity index is 1.41. The third-order valence-corrected chi connectivity index (χ3v) is 12.8. The van der Waals surface area contributed by atoms with E-state index in [4.69, 9.17) is 4.74 Å². The SMILES string of the molecule is CCCCC1CC(C23C[C@@H]4[C@H](C)CC[C@H]4C4(C=O)CC2C=C(C(C)C)C34C(=O)O)OC1CN(CC(=O)O)Cc1ccccn1. The van der Waals surface area contributed by atoms with Crippen molar-refractivity contribution in [1.82, 2.24) is 9.88 Å². The van der Waals surface area contributed by atoms with Gasteiger partial charge in [-0.15, -0.1) is 0 Å². The molecule has 1 saturated heterocycles. The number of carboxylic acid groups (broad SMARTS) is 2. The minimum Gasteiger partial charge on any atom is -0.481 e. The summed E-state index contributed by atoms with van der Waals surface area (Å²) < 4.78 is 7.17. The molecule has 44 heavy (non-hydrogen) atoms. The highest BCUT2D eigenvalue weighted by Crippen LogP contribution is 2.84. The van der Waals surface area contributed by atoms with Crippen LogP contribution in [-0.4, -0.2) is 63.6 Å². The van der Waals surface area contributed by atoms with Gasteiger partial charge in [-0.05, 0) is 79.7 Å². The van der Waals surface area contributed by atoms with E-state index in [-0.39, 0.29) is 42.4 Å². The van der Waals surface area contributed by atoms with Crippen LogP contribution in [-0.2, 0) is 25.7 Å². The maximum absolute atomic E-state index is 14.0. The van der Waals surface area contributed by atoms with Crippen LogP contribution in [0.3, 0.4) is 0 Å². The lowest BCUT2D eigenvalue weighted by Crippen LogP contribution is -2.65. The molecule has 0 radical (unpaired) electrons. The van der Waals surface area contributed by atoms with Crippen LogP contribution in [0.2, 0.25) is 0 Å². The summed E-state index contributed by atoms with van der Waals surface area (Å²) in [5.41, 5.74) is -1.13. The largest absolute Gasteiger partial charge is 0.481 e. The van der Waals surface area contributed by atoms with E-state index >= 15 is 0 Å². The molecule has 7 unspecified atom stereocenters. The number of carbonyl (C=O) groups excluding carboxylic acids is 1. The van der Waals surface area contributed by atoms with Crippen molar-refractivity contribution in [3.8, 4) is 0 Å². The summed E-state index contributed by atoms with van der Waals surface area (Å²) in [7, 11) is 0. The normalized spacial score (nSPS) is 40.4. The zero-order valence-electron chi connectivity index (χ0n) is 26.8. The number of fused-ring (bicyclic) bond motifs is 2. The van der Waals surface area contributed by atoms with E-state index in [9.17, 15) is 24.6 Å². The van der Waals surface area contributed by atoms with Gasteiger partial charge >= 0.3 is 11.9 Å². The third kappa shape index (κ3) is 4.37. The van der Waals surface area contributed by atoms with Crippen molar-refractivity contribution in [1.29, 1.82) is 0 Å². The molecule has 8 heteroatoms. The average molecular weight is 607 g/mol. The molecule has 8 nitrogen and oxygen atoms in total. The molecule has 1 aromatic heterocycles. The van der Waals surface area contributed by atoms with Gasteiger partial charge in [-0.3, -0.25) is 19.5 Å². The summed E-state index contributed by atoms with van der Waals surface area (Å²) in [6.07, 6.45) is 11.6. The molecule has 10 atom stereocenters. The molecule has 2 N–H and O–H groups in total. The van der Waals surface area contributed by atoms with Crippen LogP contribution < -0.4 is 0 Å². The van der Waals surface area contributed by atoms with Gasteiger partial charge in [-0.25, -0.2) is 0 Å². The highest BCUT2D eigenvalue weighted by atomic mass is 16.5. The monoisotopic (exact) mass is 606 g/mol. The number of aliphatic carboxylic acids is 2. The molecule has 240 valence electrons. The maximum atomic E-state index is 14.0. The van der Waals surface area contributed by atoms with E-state index in [1.165, 1.54) is 0 Å². The second kappa shape index (κ2) is 11.7. The predicted octanol–water partition coefficient (Wildman–Crippen LogP) is 5.86. The summed E-state index contributed by atoms with van der Waals surface area (Å²) in [5, 5.41) is 21.3. The fourth-order valence-electron chi connectivity index (χ4n) is 11.3. The average Bonchev–Trinajstić information content (AvgIpc) is 3.69. The molecule has 0 spiro atoms. The Hall–Kier alpha value is -2.58. The molecular weight excluding hydrogens is 556 g/mol. The lowest BCUT2D eigenvalue weighted by Gasteiger charge is -2.60. The first kappa shape index (κ1) is 31.4.